The van der Waals surface area contributed by atoms with Gasteiger partial charge in [0, 0.05) is 16.7 Å². The Labute approximate surface area is 216 Å². The molecule has 192 valence electrons. The van der Waals surface area contributed by atoms with E-state index in [0.717, 1.165) is 5.56 Å². The molecular weight excluding hydrogens is 470 g/mol. The minimum Gasteiger partial charge on any atom is -0.490 e. The summed E-state index contributed by atoms with van der Waals surface area (Å²) in [5.74, 6) is -0.340. The summed E-state index contributed by atoms with van der Waals surface area (Å²) < 4.78 is 11.2. The van der Waals surface area contributed by atoms with Gasteiger partial charge in [-0.15, -0.1) is 0 Å². The van der Waals surface area contributed by atoms with Gasteiger partial charge in [-0.2, -0.15) is 5.10 Å². The van der Waals surface area contributed by atoms with Crippen molar-refractivity contribution in [2.45, 2.75) is 34.6 Å². The van der Waals surface area contributed by atoms with Gasteiger partial charge in [-0.05, 0) is 74.0 Å². The fourth-order valence-corrected chi connectivity index (χ4v) is 3.06. The second-order valence-corrected chi connectivity index (χ2v) is 9.38. The second kappa shape index (κ2) is 12.0. The Kier molecular flexibility index (Phi) is 8.79. The highest BCUT2D eigenvalue weighted by atomic mass is 16.6. The highest BCUT2D eigenvalue weighted by Gasteiger charge is 2.21. The Morgan fingerprint density at radius 1 is 0.892 bits per heavy atom. The molecule has 0 radical (unpaired) electrons. The SMILES string of the molecule is CCOc1cc(/C=N\NC(=O)c2ccc(NC(=O)C(C)(C)C)cc2)ccc1OC(=O)c1ccc(C)cc1. The number of ether oxygens (including phenoxy) is 2. The summed E-state index contributed by atoms with van der Waals surface area (Å²) in [5, 5.41) is 6.82. The molecule has 0 unspecified atom stereocenters. The molecular formula is C29H31N3O5. The number of nitrogens with one attached hydrogen (secondary N) is 2. The van der Waals surface area contributed by atoms with Gasteiger partial charge in [0.15, 0.2) is 11.5 Å². The van der Waals surface area contributed by atoms with Crippen molar-refractivity contribution in [3.8, 4) is 11.5 Å². The number of benzene rings is 3. The van der Waals surface area contributed by atoms with Crippen LogP contribution in [0.4, 0.5) is 5.69 Å². The number of amides is 2. The molecule has 2 N–H and O–H groups in total. The summed E-state index contributed by atoms with van der Waals surface area (Å²) >= 11 is 0. The molecule has 0 aliphatic heterocycles. The molecule has 0 heterocycles. The summed E-state index contributed by atoms with van der Waals surface area (Å²) in [5.41, 5.74) is 5.06. The van der Waals surface area contributed by atoms with Crippen LogP contribution in [0.5, 0.6) is 11.5 Å². The fourth-order valence-electron chi connectivity index (χ4n) is 3.06. The number of carbonyl (C=O) groups excluding carboxylic acids is 3. The number of esters is 1. The van der Waals surface area contributed by atoms with Crippen molar-refractivity contribution >= 4 is 29.7 Å². The van der Waals surface area contributed by atoms with E-state index in [1.54, 1.807) is 54.6 Å². The van der Waals surface area contributed by atoms with Crippen LogP contribution in [0.25, 0.3) is 0 Å². The first-order chi connectivity index (χ1) is 17.6. The minimum atomic E-state index is -0.520. The molecule has 3 rings (SSSR count). The van der Waals surface area contributed by atoms with Gasteiger partial charge in [0.2, 0.25) is 5.91 Å². The van der Waals surface area contributed by atoms with Crippen LogP contribution in [0, 0.1) is 12.3 Å². The summed E-state index contributed by atoms with van der Waals surface area (Å²) in [6, 6.07) is 18.6. The average molecular weight is 502 g/mol. The third-order valence-electron chi connectivity index (χ3n) is 5.22. The van der Waals surface area contributed by atoms with Gasteiger partial charge in [-0.25, -0.2) is 10.2 Å². The Morgan fingerprint density at radius 3 is 2.16 bits per heavy atom. The molecule has 0 aliphatic carbocycles. The lowest BCUT2D eigenvalue weighted by molar-refractivity contribution is -0.123. The zero-order valence-electron chi connectivity index (χ0n) is 21.6. The number of anilines is 1. The number of hydrogen-bond acceptors (Lipinski definition) is 6. The predicted molar refractivity (Wildman–Crippen MR) is 143 cm³/mol. The van der Waals surface area contributed by atoms with Crippen molar-refractivity contribution in [1.82, 2.24) is 5.43 Å². The first-order valence-corrected chi connectivity index (χ1v) is 11.9. The number of hydrogen-bond donors (Lipinski definition) is 2. The van der Waals surface area contributed by atoms with E-state index < -0.39 is 17.3 Å². The normalized spacial score (nSPS) is 11.2. The number of nitrogens with zero attached hydrogens (tertiary/aromatic N) is 1. The summed E-state index contributed by atoms with van der Waals surface area (Å²) in [6.45, 7) is 9.61. The van der Waals surface area contributed by atoms with Crippen LogP contribution in [0.2, 0.25) is 0 Å². The van der Waals surface area contributed by atoms with Crippen LogP contribution in [-0.2, 0) is 4.79 Å². The van der Waals surface area contributed by atoms with Gasteiger partial charge in [0.05, 0.1) is 18.4 Å². The van der Waals surface area contributed by atoms with Crippen LogP contribution in [-0.4, -0.2) is 30.6 Å². The molecule has 0 bridgehead atoms. The number of rotatable bonds is 8. The minimum absolute atomic E-state index is 0.114. The quantitative estimate of drug-likeness (QED) is 0.187. The fraction of sp³-hybridized carbons (Fsp3) is 0.241. The summed E-state index contributed by atoms with van der Waals surface area (Å²) in [6.07, 6.45) is 1.46. The van der Waals surface area contributed by atoms with Gasteiger partial charge in [-0.3, -0.25) is 9.59 Å². The number of aryl methyl sites for hydroxylation is 1. The molecule has 8 nitrogen and oxygen atoms in total. The second-order valence-electron chi connectivity index (χ2n) is 9.38. The third kappa shape index (κ3) is 7.76. The zero-order chi connectivity index (χ0) is 27.0. The summed E-state index contributed by atoms with van der Waals surface area (Å²) in [7, 11) is 0. The molecule has 0 aromatic heterocycles. The molecule has 0 fully saturated rings. The topological polar surface area (TPSA) is 106 Å². The van der Waals surface area contributed by atoms with Crippen molar-refractivity contribution in [1.29, 1.82) is 0 Å². The Bertz CT molecular complexity index is 1290. The first-order valence-electron chi connectivity index (χ1n) is 11.9. The van der Waals surface area contributed by atoms with Gasteiger partial charge in [0.1, 0.15) is 0 Å². The van der Waals surface area contributed by atoms with Crippen LogP contribution in [0.15, 0.2) is 71.8 Å². The van der Waals surface area contributed by atoms with Gasteiger partial charge < -0.3 is 14.8 Å². The van der Waals surface area contributed by atoms with Gasteiger partial charge in [-0.1, -0.05) is 38.5 Å². The molecule has 8 heteroatoms. The average Bonchev–Trinajstić information content (AvgIpc) is 2.86. The van der Waals surface area contributed by atoms with Crippen molar-refractivity contribution in [2.75, 3.05) is 11.9 Å². The molecule has 0 saturated heterocycles. The summed E-state index contributed by atoms with van der Waals surface area (Å²) in [4.78, 5) is 37.0. The van der Waals surface area contributed by atoms with Gasteiger partial charge >= 0.3 is 5.97 Å². The van der Waals surface area contributed by atoms with E-state index in [0.29, 0.717) is 34.7 Å². The monoisotopic (exact) mass is 501 g/mol. The Hall–Kier alpha value is -4.46. The highest BCUT2D eigenvalue weighted by Crippen LogP contribution is 2.29. The van der Waals surface area contributed by atoms with E-state index >= 15 is 0 Å². The maximum absolute atomic E-state index is 12.5. The van der Waals surface area contributed by atoms with E-state index in [1.807, 2.05) is 46.8 Å². The molecule has 3 aromatic rings. The van der Waals surface area contributed by atoms with E-state index in [-0.39, 0.29) is 11.7 Å². The van der Waals surface area contributed by atoms with Crippen molar-refractivity contribution in [3.05, 3.63) is 89.0 Å². The molecule has 2 amide bonds. The van der Waals surface area contributed by atoms with Crippen LogP contribution >= 0.6 is 0 Å². The number of carbonyl (C=O) groups is 3. The largest absolute Gasteiger partial charge is 0.490 e. The van der Waals surface area contributed by atoms with Crippen molar-refractivity contribution in [2.24, 2.45) is 10.5 Å². The predicted octanol–water partition coefficient (Wildman–Crippen LogP) is 5.36. The van der Waals surface area contributed by atoms with E-state index in [1.165, 1.54) is 6.21 Å². The third-order valence-corrected chi connectivity index (χ3v) is 5.22. The lowest BCUT2D eigenvalue weighted by atomic mass is 9.95. The highest BCUT2D eigenvalue weighted by molar-refractivity contribution is 5.97. The lowest BCUT2D eigenvalue weighted by Gasteiger charge is -2.17. The van der Waals surface area contributed by atoms with Crippen molar-refractivity contribution in [3.63, 3.8) is 0 Å². The van der Waals surface area contributed by atoms with Crippen molar-refractivity contribution < 1.29 is 23.9 Å². The molecule has 0 saturated carbocycles. The molecule has 37 heavy (non-hydrogen) atoms. The number of hydrazone groups is 1. The zero-order valence-corrected chi connectivity index (χ0v) is 21.6. The molecule has 0 aliphatic rings. The molecule has 0 atom stereocenters. The Balaban J connectivity index is 1.63. The van der Waals surface area contributed by atoms with E-state index in [4.69, 9.17) is 9.47 Å². The maximum Gasteiger partial charge on any atom is 0.343 e. The smallest absolute Gasteiger partial charge is 0.343 e. The molecule has 0 spiro atoms. The van der Waals surface area contributed by atoms with Crippen LogP contribution in [0.3, 0.4) is 0 Å². The standard InChI is InChI=1S/C29H31N3O5/c1-6-36-25-17-20(9-16-24(25)37-27(34)22-10-7-19(2)8-11-22)18-30-32-26(33)21-12-14-23(15-13-21)31-28(35)29(3,4)5/h7-18H,6H2,1-5H3,(H,31,35)(H,32,33)/b30-18-. The molecule has 3 aromatic carbocycles. The van der Waals surface area contributed by atoms with E-state index in [2.05, 4.69) is 15.8 Å². The lowest BCUT2D eigenvalue weighted by Crippen LogP contribution is -2.27. The van der Waals surface area contributed by atoms with Gasteiger partial charge in [0.25, 0.3) is 5.91 Å². The maximum atomic E-state index is 12.5. The Morgan fingerprint density at radius 2 is 1.54 bits per heavy atom. The van der Waals surface area contributed by atoms with E-state index in [9.17, 15) is 14.4 Å². The van der Waals surface area contributed by atoms with Crippen LogP contribution in [0.1, 0.15) is 59.5 Å². The van der Waals surface area contributed by atoms with Crippen LogP contribution < -0.4 is 20.2 Å². The first kappa shape index (κ1) is 27.1.